The molecule has 8 heteroatoms. The summed E-state index contributed by atoms with van der Waals surface area (Å²) in [6, 6.07) is 11.5. The second-order valence-corrected chi connectivity index (χ2v) is 7.85. The highest BCUT2D eigenvalue weighted by Crippen LogP contribution is 2.22. The summed E-state index contributed by atoms with van der Waals surface area (Å²) in [4.78, 5) is 16.2. The summed E-state index contributed by atoms with van der Waals surface area (Å²) in [5.74, 6) is -1.03. The predicted molar refractivity (Wildman–Crippen MR) is 94.3 cm³/mol. The number of ether oxygens (including phenoxy) is 1. The first-order valence-corrected chi connectivity index (χ1v) is 9.02. The van der Waals surface area contributed by atoms with Gasteiger partial charge in [-0.1, -0.05) is 18.2 Å². The maximum absolute atomic E-state index is 13.0. The predicted octanol–water partition coefficient (Wildman–Crippen LogP) is 2.42. The zero-order valence-electron chi connectivity index (χ0n) is 14.0. The van der Waals surface area contributed by atoms with Crippen molar-refractivity contribution in [3.05, 3.63) is 71.2 Å². The monoisotopic (exact) mass is 374 g/mol. The molecule has 3 rings (SSSR count). The van der Waals surface area contributed by atoms with Crippen molar-refractivity contribution in [3.63, 3.8) is 0 Å². The Bertz CT molecular complexity index is 1030. The van der Waals surface area contributed by atoms with Crippen molar-refractivity contribution in [2.45, 2.75) is 4.90 Å². The van der Waals surface area contributed by atoms with Crippen molar-refractivity contribution in [1.82, 2.24) is 4.31 Å². The molecule has 0 radical (unpaired) electrons. The summed E-state index contributed by atoms with van der Waals surface area (Å²) >= 11 is 0. The average Bonchev–Trinajstić information content (AvgIpc) is 2.97. The van der Waals surface area contributed by atoms with Gasteiger partial charge in [0.15, 0.2) is 5.70 Å². The van der Waals surface area contributed by atoms with E-state index < -0.39 is 16.0 Å². The minimum absolute atomic E-state index is 0.0131. The van der Waals surface area contributed by atoms with E-state index in [0.717, 1.165) is 4.31 Å². The fourth-order valence-electron chi connectivity index (χ4n) is 2.25. The SMILES string of the molecule is CN(C)S(=O)(=O)c1cccc(C2=N/C(=C\c3ccc(F)cc3)C(=O)O2)c1. The Kier molecular flexibility index (Phi) is 4.71. The van der Waals surface area contributed by atoms with E-state index in [-0.39, 0.29) is 22.3 Å². The molecule has 1 aliphatic rings. The van der Waals surface area contributed by atoms with Crippen molar-refractivity contribution in [3.8, 4) is 0 Å². The summed E-state index contributed by atoms with van der Waals surface area (Å²) in [5.41, 5.74) is 1.00. The molecule has 0 saturated carbocycles. The Balaban J connectivity index is 1.96. The van der Waals surface area contributed by atoms with Gasteiger partial charge in [-0.3, -0.25) is 0 Å². The van der Waals surface area contributed by atoms with Crippen LogP contribution in [0.1, 0.15) is 11.1 Å². The fourth-order valence-corrected chi connectivity index (χ4v) is 3.20. The van der Waals surface area contributed by atoms with Crippen molar-refractivity contribution >= 4 is 28.0 Å². The molecule has 0 saturated heterocycles. The summed E-state index contributed by atoms with van der Waals surface area (Å²) in [5, 5.41) is 0. The van der Waals surface area contributed by atoms with Crippen LogP contribution in [0.4, 0.5) is 4.39 Å². The van der Waals surface area contributed by atoms with E-state index in [1.807, 2.05) is 0 Å². The van der Waals surface area contributed by atoms with Gasteiger partial charge in [0, 0.05) is 19.7 Å². The maximum atomic E-state index is 13.0. The minimum Gasteiger partial charge on any atom is -0.402 e. The molecular weight excluding hydrogens is 359 g/mol. The second kappa shape index (κ2) is 6.81. The van der Waals surface area contributed by atoms with Crippen LogP contribution in [-0.4, -0.2) is 38.7 Å². The zero-order chi connectivity index (χ0) is 18.9. The van der Waals surface area contributed by atoms with Gasteiger partial charge < -0.3 is 4.74 Å². The molecule has 0 spiro atoms. The van der Waals surface area contributed by atoms with Gasteiger partial charge in [-0.2, -0.15) is 0 Å². The average molecular weight is 374 g/mol. The largest absolute Gasteiger partial charge is 0.402 e. The number of carbonyl (C=O) groups is 1. The van der Waals surface area contributed by atoms with E-state index in [2.05, 4.69) is 4.99 Å². The first-order valence-electron chi connectivity index (χ1n) is 7.58. The fraction of sp³-hybridized carbons (Fsp3) is 0.111. The van der Waals surface area contributed by atoms with Crippen molar-refractivity contribution in [2.75, 3.05) is 14.1 Å². The van der Waals surface area contributed by atoms with Gasteiger partial charge in [0.1, 0.15) is 5.82 Å². The minimum atomic E-state index is -3.62. The van der Waals surface area contributed by atoms with Crippen LogP contribution in [0.5, 0.6) is 0 Å². The molecule has 0 bridgehead atoms. The Morgan fingerprint density at radius 3 is 2.46 bits per heavy atom. The van der Waals surface area contributed by atoms with E-state index in [4.69, 9.17) is 4.74 Å². The third kappa shape index (κ3) is 3.56. The lowest BCUT2D eigenvalue weighted by Gasteiger charge is -2.11. The molecule has 2 aromatic rings. The molecule has 1 heterocycles. The highest BCUT2D eigenvalue weighted by molar-refractivity contribution is 7.89. The number of benzene rings is 2. The maximum Gasteiger partial charge on any atom is 0.363 e. The lowest BCUT2D eigenvalue weighted by molar-refractivity contribution is -0.129. The van der Waals surface area contributed by atoms with E-state index in [0.29, 0.717) is 11.1 Å². The van der Waals surface area contributed by atoms with Gasteiger partial charge >= 0.3 is 5.97 Å². The normalized spacial score (nSPS) is 16.1. The first kappa shape index (κ1) is 18.0. The van der Waals surface area contributed by atoms with Gasteiger partial charge in [-0.05, 0) is 42.0 Å². The molecular formula is C18H15FN2O4S. The number of aliphatic imine (C=N–C) groups is 1. The Morgan fingerprint density at radius 1 is 1.12 bits per heavy atom. The molecule has 0 aromatic heterocycles. The van der Waals surface area contributed by atoms with Crippen molar-refractivity contribution in [1.29, 1.82) is 0 Å². The number of rotatable bonds is 4. The second-order valence-electron chi connectivity index (χ2n) is 5.70. The van der Waals surface area contributed by atoms with Crippen LogP contribution in [-0.2, 0) is 19.6 Å². The van der Waals surface area contributed by atoms with Gasteiger partial charge in [0.2, 0.25) is 15.9 Å². The third-order valence-corrected chi connectivity index (χ3v) is 5.46. The van der Waals surface area contributed by atoms with E-state index >= 15 is 0 Å². The molecule has 0 atom stereocenters. The van der Waals surface area contributed by atoms with Gasteiger partial charge in [-0.15, -0.1) is 0 Å². The smallest absolute Gasteiger partial charge is 0.363 e. The number of nitrogens with zero attached hydrogens (tertiary/aromatic N) is 2. The van der Waals surface area contributed by atoms with Crippen LogP contribution in [0.15, 0.2) is 64.1 Å². The van der Waals surface area contributed by atoms with Crippen LogP contribution in [0.3, 0.4) is 0 Å². The summed E-state index contributed by atoms with van der Waals surface area (Å²) in [6.45, 7) is 0. The molecule has 0 fully saturated rings. The number of sulfonamides is 1. The van der Waals surface area contributed by atoms with Crippen LogP contribution < -0.4 is 0 Å². The lowest BCUT2D eigenvalue weighted by atomic mass is 10.2. The van der Waals surface area contributed by atoms with Gasteiger partial charge in [0.05, 0.1) is 4.90 Å². The number of cyclic esters (lactones) is 1. The van der Waals surface area contributed by atoms with E-state index in [1.165, 1.54) is 56.6 Å². The van der Waals surface area contributed by atoms with Crippen molar-refractivity contribution < 1.29 is 22.3 Å². The topological polar surface area (TPSA) is 76.0 Å². The number of halogens is 1. The lowest BCUT2D eigenvalue weighted by Crippen LogP contribution is -2.22. The van der Waals surface area contributed by atoms with Gasteiger partial charge in [-0.25, -0.2) is 26.9 Å². The first-order chi connectivity index (χ1) is 12.3. The van der Waals surface area contributed by atoms with Crippen LogP contribution >= 0.6 is 0 Å². The number of esters is 1. The summed E-state index contributed by atoms with van der Waals surface area (Å²) in [7, 11) is -0.762. The number of carbonyl (C=O) groups excluding carboxylic acids is 1. The Morgan fingerprint density at radius 2 is 1.81 bits per heavy atom. The quantitative estimate of drug-likeness (QED) is 0.608. The molecule has 1 aliphatic heterocycles. The number of hydrogen-bond donors (Lipinski definition) is 0. The summed E-state index contributed by atoms with van der Waals surface area (Å²) in [6.07, 6.45) is 1.47. The molecule has 0 amide bonds. The van der Waals surface area contributed by atoms with Crippen molar-refractivity contribution in [2.24, 2.45) is 4.99 Å². The van der Waals surface area contributed by atoms with Crippen LogP contribution in [0, 0.1) is 5.82 Å². The molecule has 0 N–H and O–H groups in total. The molecule has 0 unspecified atom stereocenters. The Hall–Kier alpha value is -2.84. The molecule has 26 heavy (non-hydrogen) atoms. The molecule has 6 nitrogen and oxygen atoms in total. The molecule has 0 aliphatic carbocycles. The highest BCUT2D eigenvalue weighted by Gasteiger charge is 2.26. The number of hydrogen-bond acceptors (Lipinski definition) is 5. The third-order valence-electron chi connectivity index (χ3n) is 3.65. The van der Waals surface area contributed by atoms with Gasteiger partial charge in [0.25, 0.3) is 0 Å². The Labute approximate surface area is 150 Å². The van der Waals surface area contributed by atoms with Crippen LogP contribution in [0.2, 0.25) is 0 Å². The standard InChI is InChI=1S/C18H15FN2O4S/c1-21(2)26(23,24)15-5-3-4-13(11-15)17-20-16(18(22)25-17)10-12-6-8-14(19)9-7-12/h3-11H,1-2H3/b16-10-. The zero-order valence-corrected chi connectivity index (χ0v) is 14.8. The van der Waals surface area contributed by atoms with E-state index in [9.17, 15) is 17.6 Å². The highest BCUT2D eigenvalue weighted by atomic mass is 32.2. The van der Waals surface area contributed by atoms with Crippen LogP contribution in [0.25, 0.3) is 6.08 Å². The summed E-state index contributed by atoms with van der Waals surface area (Å²) < 4.78 is 43.7. The van der Waals surface area contributed by atoms with E-state index in [1.54, 1.807) is 12.1 Å². The molecule has 2 aromatic carbocycles. The molecule has 134 valence electrons.